The molecule has 10 heteroatoms. The van der Waals surface area contributed by atoms with Gasteiger partial charge >= 0.3 is 0 Å². The van der Waals surface area contributed by atoms with E-state index in [1.165, 1.54) is 10.4 Å². The minimum Gasteiger partial charge on any atom is -0.454 e. The van der Waals surface area contributed by atoms with Crippen LogP contribution in [0.4, 0.5) is 11.4 Å². The van der Waals surface area contributed by atoms with E-state index in [2.05, 4.69) is 4.72 Å². The van der Waals surface area contributed by atoms with E-state index in [0.29, 0.717) is 41.4 Å². The molecular formula is C18H20N2O6S2. The second kappa shape index (κ2) is 6.85. The van der Waals surface area contributed by atoms with Crippen molar-refractivity contribution >= 4 is 31.4 Å². The summed E-state index contributed by atoms with van der Waals surface area (Å²) in [5, 5.41) is 0. The van der Waals surface area contributed by atoms with Crippen LogP contribution in [0.2, 0.25) is 0 Å². The fourth-order valence-corrected chi connectivity index (χ4v) is 6.23. The molecule has 150 valence electrons. The zero-order valence-corrected chi connectivity index (χ0v) is 16.8. The molecule has 2 aliphatic heterocycles. The maximum atomic E-state index is 13.0. The topological polar surface area (TPSA) is 102 Å². The highest BCUT2D eigenvalue weighted by molar-refractivity contribution is 7.93. The average molecular weight is 425 g/mol. The van der Waals surface area contributed by atoms with Gasteiger partial charge < -0.3 is 9.47 Å². The van der Waals surface area contributed by atoms with Crippen molar-refractivity contribution in [3.05, 3.63) is 42.0 Å². The lowest BCUT2D eigenvalue weighted by molar-refractivity contribution is 0.174. The molecule has 0 saturated carbocycles. The zero-order valence-electron chi connectivity index (χ0n) is 15.2. The summed E-state index contributed by atoms with van der Waals surface area (Å²) in [6, 6.07) is 9.43. The Kier molecular flexibility index (Phi) is 4.62. The first-order valence-electron chi connectivity index (χ1n) is 8.80. The Labute approximate surface area is 164 Å². The highest BCUT2D eigenvalue weighted by atomic mass is 32.2. The van der Waals surface area contributed by atoms with Gasteiger partial charge in [0.05, 0.1) is 22.0 Å². The second-order valence-electron chi connectivity index (χ2n) is 6.72. The van der Waals surface area contributed by atoms with Crippen molar-refractivity contribution < 1.29 is 26.3 Å². The molecule has 2 aromatic rings. The summed E-state index contributed by atoms with van der Waals surface area (Å²) in [4.78, 5) is 0.0310. The zero-order chi connectivity index (χ0) is 19.9. The molecule has 4 rings (SSSR count). The van der Waals surface area contributed by atoms with Crippen molar-refractivity contribution in [2.75, 3.05) is 28.1 Å². The number of nitrogens with zero attached hydrogens (tertiary/aromatic N) is 1. The smallest absolute Gasteiger partial charge is 0.262 e. The Hall–Kier alpha value is -2.46. The molecule has 2 aliphatic rings. The van der Waals surface area contributed by atoms with Crippen LogP contribution in [0.1, 0.15) is 18.4 Å². The third-order valence-electron chi connectivity index (χ3n) is 4.72. The molecule has 28 heavy (non-hydrogen) atoms. The molecule has 0 atom stereocenters. The van der Waals surface area contributed by atoms with Crippen molar-refractivity contribution in [1.82, 2.24) is 0 Å². The fourth-order valence-electron chi connectivity index (χ4n) is 3.28. The highest BCUT2D eigenvalue weighted by Crippen LogP contribution is 2.35. The summed E-state index contributed by atoms with van der Waals surface area (Å²) in [5.41, 5.74) is 1.21. The number of sulfonamides is 2. The van der Waals surface area contributed by atoms with Gasteiger partial charge in [-0.25, -0.2) is 16.8 Å². The lowest BCUT2D eigenvalue weighted by atomic mass is 10.2. The van der Waals surface area contributed by atoms with E-state index in [1.54, 1.807) is 37.3 Å². The van der Waals surface area contributed by atoms with E-state index in [1.807, 2.05) is 0 Å². The van der Waals surface area contributed by atoms with Gasteiger partial charge in [0.1, 0.15) is 0 Å². The molecule has 0 radical (unpaired) electrons. The predicted octanol–water partition coefficient (Wildman–Crippen LogP) is 2.45. The molecule has 1 saturated heterocycles. The average Bonchev–Trinajstić information content (AvgIpc) is 3.09. The van der Waals surface area contributed by atoms with Gasteiger partial charge in [-0.05, 0) is 49.6 Å². The maximum Gasteiger partial charge on any atom is 0.262 e. The monoisotopic (exact) mass is 424 g/mol. The van der Waals surface area contributed by atoms with Gasteiger partial charge in [-0.3, -0.25) is 9.03 Å². The lowest BCUT2D eigenvalue weighted by Crippen LogP contribution is -2.38. The van der Waals surface area contributed by atoms with Crippen LogP contribution in [0.25, 0.3) is 0 Å². The van der Waals surface area contributed by atoms with Crippen molar-refractivity contribution in [3.8, 4) is 11.5 Å². The number of nitrogens with one attached hydrogen (secondary N) is 1. The quantitative estimate of drug-likeness (QED) is 0.809. The van der Waals surface area contributed by atoms with Crippen LogP contribution in [0.3, 0.4) is 0 Å². The SMILES string of the molecule is Cc1ccc(N2CCCCS2(=O)=O)cc1S(=O)(=O)Nc1ccc2c(c1)OCO2. The van der Waals surface area contributed by atoms with Crippen molar-refractivity contribution in [2.45, 2.75) is 24.7 Å². The maximum absolute atomic E-state index is 13.0. The van der Waals surface area contributed by atoms with Crippen molar-refractivity contribution in [1.29, 1.82) is 0 Å². The summed E-state index contributed by atoms with van der Waals surface area (Å²) in [5.74, 6) is 1.08. The van der Waals surface area contributed by atoms with Crippen LogP contribution >= 0.6 is 0 Å². The Balaban J connectivity index is 1.67. The summed E-state index contributed by atoms with van der Waals surface area (Å²) >= 11 is 0. The van der Waals surface area contributed by atoms with Crippen molar-refractivity contribution in [3.63, 3.8) is 0 Å². The third kappa shape index (κ3) is 3.49. The van der Waals surface area contributed by atoms with Crippen molar-refractivity contribution in [2.24, 2.45) is 0 Å². The first-order valence-corrected chi connectivity index (χ1v) is 11.9. The van der Waals surface area contributed by atoms with E-state index < -0.39 is 20.0 Å². The van der Waals surface area contributed by atoms with Gasteiger partial charge in [-0.1, -0.05) is 6.07 Å². The largest absolute Gasteiger partial charge is 0.454 e. The minimum atomic E-state index is -3.93. The number of fused-ring (bicyclic) bond motifs is 1. The van der Waals surface area contributed by atoms with Gasteiger partial charge in [0.2, 0.25) is 16.8 Å². The molecule has 2 heterocycles. The van der Waals surface area contributed by atoms with Gasteiger partial charge in [-0.15, -0.1) is 0 Å². The number of rotatable bonds is 4. The van der Waals surface area contributed by atoms with Crippen LogP contribution in [-0.2, 0) is 20.0 Å². The lowest BCUT2D eigenvalue weighted by Gasteiger charge is -2.28. The molecule has 1 fully saturated rings. The van der Waals surface area contributed by atoms with Gasteiger partial charge in [0, 0.05) is 12.6 Å². The van der Waals surface area contributed by atoms with Gasteiger partial charge in [0.25, 0.3) is 10.0 Å². The Morgan fingerprint density at radius 2 is 1.82 bits per heavy atom. The Bertz CT molecular complexity index is 1130. The highest BCUT2D eigenvalue weighted by Gasteiger charge is 2.28. The van der Waals surface area contributed by atoms with E-state index >= 15 is 0 Å². The first-order chi connectivity index (χ1) is 13.3. The van der Waals surface area contributed by atoms with Crippen LogP contribution in [0.5, 0.6) is 11.5 Å². The molecular weight excluding hydrogens is 404 g/mol. The second-order valence-corrected chi connectivity index (χ2v) is 10.4. The molecule has 8 nitrogen and oxygen atoms in total. The van der Waals surface area contributed by atoms with Crippen LogP contribution in [-0.4, -0.2) is 35.9 Å². The first kappa shape index (κ1) is 18.9. The van der Waals surface area contributed by atoms with Gasteiger partial charge in [0.15, 0.2) is 11.5 Å². The number of ether oxygens (including phenoxy) is 2. The number of aryl methyl sites for hydroxylation is 1. The number of benzene rings is 2. The van der Waals surface area contributed by atoms with Crippen LogP contribution in [0.15, 0.2) is 41.3 Å². The van der Waals surface area contributed by atoms with Crippen LogP contribution in [0, 0.1) is 6.92 Å². The molecule has 1 N–H and O–H groups in total. The van der Waals surface area contributed by atoms with E-state index in [9.17, 15) is 16.8 Å². The number of hydrogen-bond donors (Lipinski definition) is 1. The standard InChI is InChI=1S/C18H20N2O6S2/c1-13-4-6-15(20-8-2-3-9-27(20,21)22)11-18(13)28(23,24)19-14-5-7-16-17(10-14)26-12-25-16/h4-7,10-11,19H,2-3,8-9,12H2,1H3. The molecule has 0 amide bonds. The van der Waals surface area contributed by atoms with E-state index in [0.717, 1.165) is 6.42 Å². The summed E-state index contributed by atoms with van der Waals surface area (Å²) < 4.78 is 65.0. The minimum absolute atomic E-state index is 0.0310. The predicted molar refractivity (Wildman–Crippen MR) is 105 cm³/mol. The summed E-state index contributed by atoms with van der Waals surface area (Å²) in [7, 11) is -7.36. The Morgan fingerprint density at radius 1 is 1.04 bits per heavy atom. The van der Waals surface area contributed by atoms with E-state index in [4.69, 9.17) is 9.47 Å². The fraction of sp³-hybridized carbons (Fsp3) is 0.333. The van der Waals surface area contributed by atoms with Gasteiger partial charge in [-0.2, -0.15) is 0 Å². The van der Waals surface area contributed by atoms with E-state index in [-0.39, 0.29) is 17.4 Å². The normalized spacial score (nSPS) is 18.1. The molecule has 0 spiro atoms. The molecule has 2 aromatic carbocycles. The molecule has 0 aromatic heterocycles. The third-order valence-corrected chi connectivity index (χ3v) is 8.12. The Morgan fingerprint density at radius 3 is 2.61 bits per heavy atom. The molecule has 0 unspecified atom stereocenters. The molecule has 0 bridgehead atoms. The van der Waals surface area contributed by atoms with Crippen LogP contribution < -0.4 is 18.5 Å². The summed E-state index contributed by atoms with van der Waals surface area (Å²) in [6.07, 6.45) is 1.35. The molecule has 0 aliphatic carbocycles. The number of anilines is 2. The number of hydrogen-bond acceptors (Lipinski definition) is 6. The summed E-state index contributed by atoms with van der Waals surface area (Å²) in [6.45, 7) is 2.11.